The van der Waals surface area contributed by atoms with Gasteiger partial charge in [0.2, 0.25) is 0 Å². The first kappa shape index (κ1) is 17.3. The number of carbonyl (C=O) groups is 1. The van der Waals surface area contributed by atoms with Crippen molar-refractivity contribution in [3.8, 4) is 11.5 Å². The first-order chi connectivity index (χ1) is 10.2. The van der Waals surface area contributed by atoms with Crippen molar-refractivity contribution in [3.05, 3.63) is 24.3 Å². The zero-order valence-electron chi connectivity index (χ0n) is 12.6. The fraction of sp³-hybridized carbons (Fsp3) is 0.562. The van der Waals surface area contributed by atoms with Crippen LogP contribution in [0.5, 0.6) is 11.5 Å². The fourth-order valence-corrected chi connectivity index (χ4v) is 2.08. The third-order valence-corrected chi connectivity index (χ3v) is 3.23. The number of benzene rings is 1. The van der Waals surface area contributed by atoms with Crippen LogP contribution in [0.1, 0.15) is 32.6 Å². The highest BCUT2D eigenvalue weighted by atomic mass is 16.5. The molecule has 3 N–H and O–H groups in total. The minimum absolute atomic E-state index is 0.365. The summed E-state index contributed by atoms with van der Waals surface area (Å²) in [6, 6.07) is 7.42. The van der Waals surface area contributed by atoms with E-state index in [4.69, 9.17) is 15.2 Å². The van der Waals surface area contributed by atoms with E-state index in [1.165, 1.54) is 0 Å². The number of rotatable bonds is 11. The highest BCUT2D eigenvalue weighted by Gasteiger charge is 2.17. The summed E-state index contributed by atoms with van der Waals surface area (Å²) in [7, 11) is 0. The van der Waals surface area contributed by atoms with Gasteiger partial charge in [-0.25, -0.2) is 0 Å². The van der Waals surface area contributed by atoms with E-state index < -0.39 is 5.97 Å². The molecular formula is C16H25NO4. The van der Waals surface area contributed by atoms with Crippen LogP contribution < -0.4 is 15.2 Å². The number of unbranched alkanes of at least 4 members (excludes halogenated alkanes) is 1. The Morgan fingerprint density at radius 3 is 2.43 bits per heavy atom. The Balaban J connectivity index is 2.44. The summed E-state index contributed by atoms with van der Waals surface area (Å²) in [5.41, 5.74) is 5.43. The lowest BCUT2D eigenvalue weighted by molar-refractivity contribution is -0.142. The standard InChI is InChI=1S/C16H25NO4/c1-2-20-14-8-3-4-9-15(14)21-12-10-13(16(18)19)7-5-6-11-17/h3-4,8-9,13H,2,5-7,10-12,17H2,1H3,(H,18,19). The topological polar surface area (TPSA) is 81.8 Å². The van der Waals surface area contributed by atoms with Crippen LogP contribution in [0.25, 0.3) is 0 Å². The summed E-state index contributed by atoms with van der Waals surface area (Å²) in [4.78, 5) is 11.2. The van der Waals surface area contributed by atoms with Crippen LogP contribution in [-0.4, -0.2) is 30.8 Å². The third-order valence-electron chi connectivity index (χ3n) is 3.23. The predicted octanol–water partition coefficient (Wildman–Crippen LogP) is 2.68. The van der Waals surface area contributed by atoms with Crippen molar-refractivity contribution in [2.75, 3.05) is 19.8 Å². The van der Waals surface area contributed by atoms with Crippen molar-refractivity contribution in [2.24, 2.45) is 11.7 Å². The van der Waals surface area contributed by atoms with Gasteiger partial charge < -0.3 is 20.3 Å². The van der Waals surface area contributed by atoms with Crippen molar-refractivity contribution in [3.63, 3.8) is 0 Å². The van der Waals surface area contributed by atoms with Gasteiger partial charge in [-0.2, -0.15) is 0 Å². The largest absolute Gasteiger partial charge is 0.490 e. The molecule has 21 heavy (non-hydrogen) atoms. The number of ether oxygens (including phenoxy) is 2. The van der Waals surface area contributed by atoms with Crippen molar-refractivity contribution in [1.29, 1.82) is 0 Å². The predicted molar refractivity (Wildman–Crippen MR) is 81.8 cm³/mol. The number of carboxylic acids is 1. The third kappa shape index (κ3) is 6.49. The van der Waals surface area contributed by atoms with E-state index in [1.807, 2.05) is 31.2 Å². The second-order valence-electron chi connectivity index (χ2n) is 4.84. The highest BCUT2D eigenvalue weighted by molar-refractivity contribution is 5.69. The monoisotopic (exact) mass is 295 g/mol. The number of hydrogen-bond donors (Lipinski definition) is 2. The van der Waals surface area contributed by atoms with Crippen LogP contribution in [0.3, 0.4) is 0 Å². The molecule has 1 atom stereocenters. The molecule has 0 aromatic heterocycles. The lowest BCUT2D eigenvalue weighted by atomic mass is 9.99. The zero-order chi connectivity index (χ0) is 15.5. The lowest BCUT2D eigenvalue weighted by Crippen LogP contribution is -2.17. The van der Waals surface area contributed by atoms with Gasteiger partial charge in [0.1, 0.15) is 0 Å². The minimum atomic E-state index is -0.770. The number of aliphatic carboxylic acids is 1. The van der Waals surface area contributed by atoms with Crippen molar-refractivity contribution >= 4 is 5.97 Å². The van der Waals surface area contributed by atoms with Crippen molar-refractivity contribution < 1.29 is 19.4 Å². The maximum Gasteiger partial charge on any atom is 0.306 e. The molecule has 0 saturated carbocycles. The number of hydrogen-bond acceptors (Lipinski definition) is 4. The lowest BCUT2D eigenvalue weighted by Gasteiger charge is -2.14. The van der Waals surface area contributed by atoms with Gasteiger partial charge >= 0.3 is 5.97 Å². The Bertz CT molecular complexity index is 422. The van der Waals surface area contributed by atoms with Crippen LogP contribution in [0, 0.1) is 5.92 Å². The van der Waals surface area contributed by atoms with E-state index in [-0.39, 0.29) is 5.92 Å². The smallest absolute Gasteiger partial charge is 0.306 e. The molecule has 1 aromatic carbocycles. The number of nitrogens with two attached hydrogens (primary N) is 1. The molecule has 1 rings (SSSR count). The normalized spacial score (nSPS) is 11.9. The fourth-order valence-electron chi connectivity index (χ4n) is 2.08. The number of carboxylic acid groups (broad SMARTS) is 1. The van der Waals surface area contributed by atoms with Crippen molar-refractivity contribution in [1.82, 2.24) is 0 Å². The van der Waals surface area contributed by atoms with Gasteiger partial charge in [-0.3, -0.25) is 4.79 Å². The molecule has 0 spiro atoms. The van der Waals surface area contributed by atoms with Gasteiger partial charge in [0.25, 0.3) is 0 Å². The molecule has 0 saturated heterocycles. The minimum Gasteiger partial charge on any atom is -0.490 e. The molecule has 0 bridgehead atoms. The molecule has 118 valence electrons. The molecule has 1 unspecified atom stereocenters. The molecule has 0 aliphatic rings. The molecule has 1 aromatic rings. The summed E-state index contributed by atoms with van der Waals surface area (Å²) in [5, 5.41) is 9.20. The zero-order valence-corrected chi connectivity index (χ0v) is 12.6. The average Bonchev–Trinajstić information content (AvgIpc) is 2.47. The Labute approximate surface area is 126 Å². The highest BCUT2D eigenvalue weighted by Crippen LogP contribution is 2.27. The van der Waals surface area contributed by atoms with Crippen LogP contribution in [0.2, 0.25) is 0 Å². The molecule has 5 heteroatoms. The van der Waals surface area contributed by atoms with E-state index in [9.17, 15) is 9.90 Å². The van der Waals surface area contributed by atoms with Crippen LogP contribution in [0.4, 0.5) is 0 Å². The summed E-state index contributed by atoms with van der Waals surface area (Å²) in [5.74, 6) is 0.199. The molecule has 5 nitrogen and oxygen atoms in total. The Morgan fingerprint density at radius 2 is 1.86 bits per heavy atom. The second kappa shape index (κ2) is 10.0. The molecule has 0 radical (unpaired) electrons. The van der Waals surface area contributed by atoms with E-state index in [0.717, 1.165) is 12.8 Å². The molecule has 0 amide bonds. The Hall–Kier alpha value is -1.75. The average molecular weight is 295 g/mol. The van der Waals surface area contributed by atoms with Gasteiger partial charge in [0.15, 0.2) is 11.5 Å². The summed E-state index contributed by atoms with van der Waals surface area (Å²) in [6.45, 7) is 3.44. The van der Waals surface area contributed by atoms with Crippen LogP contribution >= 0.6 is 0 Å². The molecule has 0 aliphatic carbocycles. The SMILES string of the molecule is CCOc1ccccc1OCCC(CCCCN)C(=O)O. The van der Waals surface area contributed by atoms with Gasteiger partial charge in [0.05, 0.1) is 19.1 Å². The Morgan fingerprint density at radius 1 is 1.19 bits per heavy atom. The molecular weight excluding hydrogens is 270 g/mol. The van der Waals surface area contributed by atoms with E-state index in [2.05, 4.69) is 0 Å². The maximum atomic E-state index is 11.2. The summed E-state index contributed by atoms with van der Waals surface area (Å²) in [6.07, 6.45) is 2.82. The Kier molecular flexibility index (Phi) is 8.28. The molecule has 0 fully saturated rings. The summed E-state index contributed by atoms with van der Waals surface area (Å²) < 4.78 is 11.1. The number of para-hydroxylation sites is 2. The van der Waals surface area contributed by atoms with Gasteiger partial charge in [-0.15, -0.1) is 0 Å². The molecule has 0 heterocycles. The van der Waals surface area contributed by atoms with Crippen LogP contribution in [0.15, 0.2) is 24.3 Å². The van der Waals surface area contributed by atoms with E-state index in [1.54, 1.807) is 0 Å². The van der Waals surface area contributed by atoms with Gasteiger partial charge in [-0.05, 0) is 44.9 Å². The van der Waals surface area contributed by atoms with E-state index in [0.29, 0.717) is 44.1 Å². The molecule has 0 aliphatic heterocycles. The summed E-state index contributed by atoms with van der Waals surface area (Å²) >= 11 is 0. The van der Waals surface area contributed by atoms with Gasteiger partial charge in [0, 0.05) is 0 Å². The van der Waals surface area contributed by atoms with Crippen LogP contribution in [-0.2, 0) is 4.79 Å². The van der Waals surface area contributed by atoms with E-state index >= 15 is 0 Å². The maximum absolute atomic E-state index is 11.2. The van der Waals surface area contributed by atoms with Gasteiger partial charge in [-0.1, -0.05) is 18.6 Å². The quantitative estimate of drug-likeness (QED) is 0.613. The second-order valence-corrected chi connectivity index (χ2v) is 4.84. The van der Waals surface area contributed by atoms with Crippen molar-refractivity contribution in [2.45, 2.75) is 32.6 Å². The first-order valence-electron chi connectivity index (χ1n) is 7.46. The first-order valence-corrected chi connectivity index (χ1v) is 7.46.